The molecule has 1 heterocycles. The molecule has 1 N–H and O–H groups in total. The van der Waals surface area contributed by atoms with E-state index >= 15 is 0 Å². The van der Waals surface area contributed by atoms with Gasteiger partial charge in [-0.05, 0) is 36.2 Å². The molecular formula is C22H27Cl2N3O4S. The molecule has 10 heteroatoms. The lowest BCUT2D eigenvalue weighted by Crippen LogP contribution is -2.47. The normalized spacial score (nSPS) is 15.9. The summed E-state index contributed by atoms with van der Waals surface area (Å²) in [5.41, 5.74) is 2.33. The summed E-state index contributed by atoms with van der Waals surface area (Å²) in [7, 11) is -3.76. The number of ether oxygens (including phenoxy) is 1. The predicted octanol–water partition coefficient (Wildman–Crippen LogP) is 3.30. The van der Waals surface area contributed by atoms with Crippen LogP contribution in [0.3, 0.4) is 0 Å². The second-order valence-corrected chi connectivity index (χ2v) is 10.5. The van der Waals surface area contributed by atoms with Crippen LogP contribution in [0.5, 0.6) is 0 Å². The average Bonchev–Trinajstić information content (AvgIpc) is 2.71. The van der Waals surface area contributed by atoms with Crippen molar-refractivity contribution in [3.63, 3.8) is 0 Å². The second kappa shape index (κ2) is 10.9. The maximum atomic E-state index is 12.8. The molecule has 1 atom stereocenters. The van der Waals surface area contributed by atoms with Gasteiger partial charge in [-0.25, -0.2) is 8.42 Å². The van der Waals surface area contributed by atoms with Crippen LogP contribution in [-0.4, -0.2) is 57.8 Å². The molecule has 0 radical (unpaired) electrons. The molecule has 0 aromatic heterocycles. The number of halogens is 2. The van der Waals surface area contributed by atoms with Crippen LogP contribution in [0.2, 0.25) is 10.0 Å². The van der Waals surface area contributed by atoms with E-state index in [0.717, 1.165) is 54.5 Å². The van der Waals surface area contributed by atoms with E-state index in [4.69, 9.17) is 27.9 Å². The Kier molecular flexibility index (Phi) is 8.41. The average molecular weight is 500 g/mol. The number of nitrogens with one attached hydrogen (secondary N) is 1. The highest BCUT2D eigenvalue weighted by Gasteiger charge is 2.29. The maximum Gasteiger partial charge on any atom is 0.243 e. The van der Waals surface area contributed by atoms with Gasteiger partial charge in [0.1, 0.15) is 6.04 Å². The Morgan fingerprint density at radius 1 is 1.12 bits per heavy atom. The molecule has 32 heavy (non-hydrogen) atoms. The molecule has 1 saturated heterocycles. The Hall–Kier alpha value is -1.84. The number of morpholine rings is 1. The highest BCUT2D eigenvalue weighted by Crippen LogP contribution is 2.28. The van der Waals surface area contributed by atoms with Gasteiger partial charge in [-0.2, -0.15) is 0 Å². The third-order valence-corrected chi connectivity index (χ3v) is 6.84. The van der Waals surface area contributed by atoms with Gasteiger partial charge in [0.2, 0.25) is 15.9 Å². The number of sulfonamides is 1. The van der Waals surface area contributed by atoms with E-state index in [-0.39, 0.29) is 22.3 Å². The molecule has 0 spiro atoms. The highest BCUT2D eigenvalue weighted by molar-refractivity contribution is 7.92. The Labute approximate surface area is 199 Å². The fourth-order valence-electron chi connectivity index (χ4n) is 3.67. The zero-order valence-electron chi connectivity index (χ0n) is 18.1. The maximum absolute atomic E-state index is 12.8. The third kappa shape index (κ3) is 6.83. The van der Waals surface area contributed by atoms with Crippen LogP contribution < -0.4 is 9.62 Å². The molecular weight excluding hydrogens is 473 g/mol. The lowest BCUT2D eigenvalue weighted by atomic mass is 10.1. The van der Waals surface area contributed by atoms with Crippen LogP contribution in [0.15, 0.2) is 42.5 Å². The molecule has 0 aliphatic carbocycles. The Morgan fingerprint density at radius 3 is 2.38 bits per heavy atom. The van der Waals surface area contributed by atoms with Crippen molar-refractivity contribution in [2.75, 3.05) is 36.9 Å². The fourth-order valence-corrected chi connectivity index (χ4v) is 5.34. The zero-order chi connectivity index (χ0) is 23.3. The van der Waals surface area contributed by atoms with Crippen molar-refractivity contribution >= 4 is 44.8 Å². The minimum absolute atomic E-state index is 0.236. The molecule has 1 amide bonds. The number of hydrogen-bond donors (Lipinski definition) is 1. The zero-order valence-corrected chi connectivity index (χ0v) is 20.4. The van der Waals surface area contributed by atoms with Crippen molar-refractivity contribution in [3.05, 3.63) is 63.6 Å². The third-order valence-electron chi connectivity index (χ3n) is 5.16. The lowest BCUT2D eigenvalue weighted by molar-refractivity contribution is -0.122. The molecule has 1 fully saturated rings. The van der Waals surface area contributed by atoms with Gasteiger partial charge in [0.05, 0.1) is 25.2 Å². The minimum Gasteiger partial charge on any atom is -0.379 e. The van der Waals surface area contributed by atoms with Gasteiger partial charge < -0.3 is 10.1 Å². The first-order chi connectivity index (χ1) is 15.1. The number of carbonyl (C=O) groups is 1. The number of nitrogens with zero attached hydrogens (tertiary/aromatic N) is 2. The number of anilines is 1. The number of hydrogen-bond acceptors (Lipinski definition) is 5. The smallest absolute Gasteiger partial charge is 0.243 e. The number of carbonyl (C=O) groups excluding carboxylic acids is 1. The van der Waals surface area contributed by atoms with Gasteiger partial charge in [0, 0.05) is 36.2 Å². The van der Waals surface area contributed by atoms with E-state index in [1.165, 1.54) is 25.1 Å². The van der Waals surface area contributed by atoms with Gasteiger partial charge in [-0.15, -0.1) is 0 Å². The van der Waals surface area contributed by atoms with Crippen molar-refractivity contribution in [1.82, 2.24) is 10.2 Å². The van der Waals surface area contributed by atoms with Crippen molar-refractivity contribution in [2.45, 2.75) is 26.1 Å². The molecule has 1 aliphatic rings. The molecule has 174 valence electrons. The van der Waals surface area contributed by atoms with E-state index in [9.17, 15) is 13.2 Å². The Morgan fingerprint density at radius 2 is 1.75 bits per heavy atom. The summed E-state index contributed by atoms with van der Waals surface area (Å²) in [6.45, 7) is 5.90. The molecule has 3 rings (SSSR count). The monoisotopic (exact) mass is 499 g/mol. The van der Waals surface area contributed by atoms with Gasteiger partial charge >= 0.3 is 0 Å². The van der Waals surface area contributed by atoms with E-state index in [1.807, 2.05) is 18.2 Å². The first-order valence-corrected chi connectivity index (χ1v) is 12.8. The molecule has 0 saturated carbocycles. The summed E-state index contributed by atoms with van der Waals surface area (Å²) in [5.74, 6) is -0.426. The molecule has 1 aliphatic heterocycles. The topological polar surface area (TPSA) is 79.0 Å². The number of benzene rings is 2. The van der Waals surface area contributed by atoms with Gasteiger partial charge in [0.25, 0.3) is 0 Å². The Balaban J connectivity index is 1.68. The predicted molar refractivity (Wildman–Crippen MR) is 128 cm³/mol. The summed E-state index contributed by atoms with van der Waals surface area (Å²) in [6.07, 6.45) is 1.04. The fraction of sp³-hybridized carbons (Fsp3) is 0.409. The summed E-state index contributed by atoms with van der Waals surface area (Å²) in [5, 5.41) is 3.40. The first-order valence-electron chi connectivity index (χ1n) is 10.2. The van der Waals surface area contributed by atoms with Crippen LogP contribution in [0.4, 0.5) is 5.69 Å². The van der Waals surface area contributed by atoms with Gasteiger partial charge in [-0.1, -0.05) is 47.5 Å². The largest absolute Gasteiger partial charge is 0.379 e. The highest BCUT2D eigenvalue weighted by atomic mass is 35.5. The van der Waals surface area contributed by atoms with Crippen molar-refractivity contribution < 1.29 is 17.9 Å². The van der Waals surface area contributed by atoms with Crippen LogP contribution >= 0.6 is 23.2 Å². The van der Waals surface area contributed by atoms with E-state index < -0.39 is 22.0 Å². The summed E-state index contributed by atoms with van der Waals surface area (Å²) in [6, 6.07) is 11.4. The van der Waals surface area contributed by atoms with Crippen molar-refractivity contribution in [2.24, 2.45) is 0 Å². The molecule has 1 unspecified atom stereocenters. The van der Waals surface area contributed by atoms with Crippen LogP contribution in [0, 0.1) is 0 Å². The SMILES string of the molecule is CC(C(=O)NCc1cccc(CN2CCOCC2)c1)N(c1cc(Cl)cc(Cl)c1)S(C)(=O)=O. The lowest BCUT2D eigenvalue weighted by Gasteiger charge is -2.28. The second-order valence-electron chi connectivity index (χ2n) is 7.79. The number of rotatable bonds is 8. The quantitative estimate of drug-likeness (QED) is 0.602. The molecule has 0 bridgehead atoms. The molecule has 7 nitrogen and oxygen atoms in total. The summed E-state index contributed by atoms with van der Waals surface area (Å²) >= 11 is 12.1. The van der Waals surface area contributed by atoms with Crippen LogP contribution in [0.25, 0.3) is 0 Å². The van der Waals surface area contributed by atoms with Gasteiger partial charge in [-0.3, -0.25) is 14.0 Å². The van der Waals surface area contributed by atoms with Crippen molar-refractivity contribution in [1.29, 1.82) is 0 Å². The summed E-state index contributed by atoms with van der Waals surface area (Å²) in [4.78, 5) is 15.2. The first kappa shape index (κ1) is 24.8. The van der Waals surface area contributed by atoms with Crippen LogP contribution in [0.1, 0.15) is 18.1 Å². The minimum atomic E-state index is -3.76. The van der Waals surface area contributed by atoms with E-state index in [1.54, 1.807) is 0 Å². The van der Waals surface area contributed by atoms with E-state index in [2.05, 4.69) is 16.3 Å². The molecule has 2 aromatic carbocycles. The van der Waals surface area contributed by atoms with Crippen LogP contribution in [-0.2, 0) is 32.6 Å². The standard InChI is InChI=1S/C22H27Cl2N3O4S/c1-16(27(32(2,29)30)21-12-19(23)11-20(24)13-21)22(28)25-14-17-4-3-5-18(10-17)15-26-6-8-31-9-7-26/h3-5,10-13,16H,6-9,14-15H2,1-2H3,(H,25,28). The molecule has 2 aromatic rings. The van der Waals surface area contributed by atoms with E-state index in [0.29, 0.717) is 0 Å². The van der Waals surface area contributed by atoms with Gasteiger partial charge in [0.15, 0.2) is 0 Å². The van der Waals surface area contributed by atoms with Crippen molar-refractivity contribution in [3.8, 4) is 0 Å². The summed E-state index contributed by atoms with van der Waals surface area (Å²) < 4.78 is 31.3. The number of amides is 1. The Bertz CT molecular complexity index is 1040.